The largest absolute Gasteiger partial charge is 0.338 e. The van der Waals surface area contributed by atoms with Gasteiger partial charge in [0, 0.05) is 49.1 Å². The average Bonchev–Trinajstić information content (AvgIpc) is 2.86. The highest BCUT2D eigenvalue weighted by Gasteiger charge is 2.38. The highest BCUT2D eigenvalue weighted by molar-refractivity contribution is 5.64. The summed E-state index contributed by atoms with van der Waals surface area (Å²) >= 11 is 0. The fourth-order valence-electron chi connectivity index (χ4n) is 6.09. The quantitative estimate of drug-likeness (QED) is 0.458. The molecule has 0 saturated carbocycles. The second-order valence-corrected chi connectivity index (χ2v) is 9.68. The maximum Gasteiger partial charge on any atom is 0.0413 e. The lowest BCUT2D eigenvalue weighted by molar-refractivity contribution is 0.0669. The van der Waals surface area contributed by atoms with Gasteiger partial charge in [-0.1, -0.05) is 54.6 Å². The highest BCUT2D eigenvalue weighted by Crippen LogP contribution is 2.42. The SMILES string of the molecule is Cc1cccc(C)c1C1CC(N(c2ccccc2)c2ccccc2)CCN1C1CC[N]CC1. The molecule has 3 heteroatoms. The Morgan fingerprint density at radius 2 is 1.30 bits per heavy atom. The van der Waals surface area contributed by atoms with Crippen LogP contribution < -0.4 is 10.2 Å². The summed E-state index contributed by atoms with van der Waals surface area (Å²) < 4.78 is 0. The minimum Gasteiger partial charge on any atom is -0.338 e. The Kier molecular flexibility index (Phi) is 6.80. The van der Waals surface area contributed by atoms with Crippen LogP contribution in [-0.2, 0) is 0 Å². The number of para-hydroxylation sites is 2. The molecule has 2 aliphatic heterocycles. The van der Waals surface area contributed by atoms with Crippen LogP contribution >= 0.6 is 0 Å². The molecule has 2 unspecified atom stereocenters. The number of hydrogen-bond acceptors (Lipinski definition) is 2. The second-order valence-electron chi connectivity index (χ2n) is 9.68. The molecule has 5 rings (SSSR count). The van der Waals surface area contributed by atoms with E-state index in [0.29, 0.717) is 18.1 Å². The van der Waals surface area contributed by atoms with E-state index in [0.717, 1.165) is 26.1 Å². The molecule has 0 aliphatic carbocycles. The molecular weight excluding hydrogens is 402 g/mol. The summed E-state index contributed by atoms with van der Waals surface area (Å²) in [4.78, 5) is 5.43. The standard InChI is InChI=1S/C30H36N3/c1-23-10-9-11-24(2)30(23)29-22-28(18-21-32(29)25-16-19-31-20-17-25)33(26-12-5-3-6-13-26)27-14-7-4-8-15-27/h3-15,25,28-29H,16-22H2,1-2H3. The minimum absolute atomic E-state index is 0.447. The van der Waals surface area contributed by atoms with Crippen molar-refractivity contribution in [3.8, 4) is 0 Å². The fourth-order valence-corrected chi connectivity index (χ4v) is 6.09. The Hall–Kier alpha value is -2.62. The molecule has 2 fully saturated rings. The Balaban J connectivity index is 1.53. The molecule has 171 valence electrons. The molecule has 0 spiro atoms. The second kappa shape index (κ2) is 10.1. The van der Waals surface area contributed by atoms with Gasteiger partial charge < -0.3 is 4.90 Å². The molecule has 3 nitrogen and oxygen atoms in total. The van der Waals surface area contributed by atoms with Crippen molar-refractivity contribution in [2.45, 2.75) is 57.7 Å². The van der Waals surface area contributed by atoms with Crippen LogP contribution in [0.5, 0.6) is 0 Å². The molecule has 0 N–H and O–H groups in total. The van der Waals surface area contributed by atoms with Gasteiger partial charge in [0.2, 0.25) is 0 Å². The lowest BCUT2D eigenvalue weighted by Gasteiger charge is -2.48. The van der Waals surface area contributed by atoms with E-state index in [1.165, 1.54) is 41.8 Å². The van der Waals surface area contributed by atoms with Gasteiger partial charge >= 0.3 is 0 Å². The van der Waals surface area contributed by atoms with E-state index in [-0.39, 0.29) is 0 Å². The smallest absolute Gasteiger partial charge is 0.0413 e. The molecule has 2 heterocycles. The zero-order chi connectivity index (χ0) is 22.6. The van der Waals surface area contributed by atoms with Crippen molar-refractivity contribution < 1.29 is 0 Å². The molecule has 0 bridgehead atoms. The average molecular weight is 439 g/mol. The maximum absolute atomic E-state index is 4.64. The number of benzene rings is 3. The number of nitrogens with zero attached hydrogens (tertiary/aromatic N) is 3. The van der Waals surface area contributed by atoms with Crippen LogP contribution in [0.15, 0.2) is 78.9 Å². The predicted molar refractivity (Wildman–Crippen MR) is 138 cm³/mol. The molecule has 3 aromatic rings. The minimum atomic E-state index is 0.447. The summed E-state index contributed by atoms with van der Waals surface area (Å²) in [5.74, 6) is 0. The monoisotopic (exact) mass is 438 g/mol. The van der Waals surface area contributed by atoms with E-state index >= 15 is 0 Å². The van der Waals surface area contributed by atoms with Crippen molar-refractivity contribution in [2.75, 3.05) is 24.5 Å². The van der Waals surface area contributed by atoms with Gasteiger partial charge in [0.05, 0.1) is 0 Å². The van der Waals surface area contributed by atoms with Crippen LogP contribution in [0, 0.1) is 13.8 Å². The van der Waals surface area contributed by atoms with E-state index in [1.54, 1.807) is 5.56 Å². The first-order valence-corrected chi connectivity index (χ1v) is 12.6. The molecular formula is C30H36N3. The molecule has 33 heavy (non-hydrogen) atoms. The number of rotatable bonds is 5. The van der Waals surface area contributed by atoms with Crippen LogP contribution in [-0.4, -0.2) is 36.6 Å². The summed E-state index contributed by atoms with van der Waals surface area (Å²) in [6.45, 7) is 7.78. The van der Waals surface area contributed by atoms with Crippen LogP contribution in [0.4, 0.5) is 11.4 Å². The van der Waals surface area contributed by atoms with Crippen molar-refractivity contribution in [3.05, 3.63) is 95.6 Å². The van der Waals surface area contributed by atoms with Gasteiger partial charge in [0.25, 0.3) is 0 Å². The number of likely N-dealkylation sites (tertiary alicyclic amines) is 1. The number of anilines is 2. The molecule has 2 atom stereocenters. The van der Waals surface area contributed by atoms with Gasteiger partial charge in [-0.15, -0.1) is 0 Å². The molecule has 0 aromatic heterocycles. The third-order valence-electron chi connectivity index (χ3n) is 7.64. The lowest BCUT2D eigenvalue weighted by Crippen LogP contribution is -2.51. The Morgan fingerprint density at radius 3 is 1.88 bits per heavy atom. The first-order chi connectivity index (χ1) is 16.2. The van der Waals surface area contributed by atoms with Crippen LogP contribution in [0.25, 0.3) is 0 Å². The fraction of sp³-hybridized carbons (Fsp3) is 0.400. The van der Waals surface area contributed by atoms with Gasteiger partial charge in [-0.25, -0.2) is 5.32 Å². The zero-order valence-corrected chi connectivity index (χ0v) is 20.0. The van der Waals surface area contributed by atoms with E-state index < -0.39 is 0 Å². The first-order valence-electron chi connectivity index (χ1n) is 12.6. The van der Waals surface area contributed by atoms with E-state index in [4.69, 9.17) is 0 Å². The van der Waals surface area contributed by atoms with Gasteiger partial charge in [0.1, 0.15) is 0 Å². The summed E-state index contributed by atoms with van der Waals surface area (Å²) in [6.07, 6.45) is 4.72. The van der Waals surface area contributed by atoms with Gasteiger partial charge in [-0.2, -0.15) is 0 Å². The van der Waals surface area contributed by atoms with Crippen molar-refractivity contribution in [1.29, 1.82) is 0 Å². The van der Waals surface area contributed by atoms with Gasteiger partial charge in [0.15, 0.2) is 0 Å². The van der Waals surface area contributed by atoms with Crippen LogP contribution in [0.3, 0.4) is 0 Å². The maximum atomic E-state index is 4.64. The predicted octanol–water partition coefficient (Wildman–Crippen LogP) is 6.41. The highest BCUT2D eigenvalue weighted by atomic mass is 15.2. The number of piperidine rings is 2. The van der Waals surface area contributed by atoms with Crippen molar-refractivity contribution in [1.82, 2.24) is 10.2 Å². The van der Waals surface area contributed by atoms with Crippen molar-refractivity contribution in [2.24, 2.45) is 0 Å². The normalized spacial score (nSPS) is 22.2. The van der Waals surface area contributed by atoms with Gasteiger partial charge in [-0.3, -0.25) is 4.90 Å². The van der Waals surface area contributed by atoms with Crippen LogP contribution in [0.2, 0.25) is 0 Å². The summed E-state index contributed by atoms with van der Waals surface area (Å²) in [7, 11) is 0. The first kappa shape index (κ1) is 22.2. The topological polar surface area (TPSA) is 20.6 Å². The Labute approximate surface area is 199 Å². The molecule has 3 aromatic carbocycles. The van der Waals surface area contributed by atoms with Crippen molar-refractivity contribution in [3.63, 3.8) is 0 Å². The molecule has 1 radical (unpaired) electrons. The Morgan fingerprint density at radius 1 is 0.727 bits per heavy atom. The third-order valence-corrected chi connectivity index (χ3v) is 7.64. The van der Waals surface area contributed by atoms with Gasteiger partial charge in [-0.05, 0) is 80.5 Å². The molecule has 2 saturated heterocycles. The Bertz CT molecular complexity index is 967. The summed E-state index contributed by atoms with van der Waals surface area (Å²) in [5.41, 5.74) is 6.98. The summed E-state index contributed by atoms with van der Waals surface area (Å²) in [5, 5.41) is 4.64. The lowest BCUT2D eigenvalue weighted by atomic mass is 9.84. The summed E-state index contributed by atoms with van der Waals surface area (Å²) in [6, 6.07) is 30.3. The number of hydrogen-bond donors (Lipinski definition) is 0. The molecule has 0 amide bonds. The third kappa shape index (κ3) is 4.71. The van der Waals surface area contributed by atoms with Crippen molar-refractivity contribution >= 4 is 11.4 Å². The van der Waals surface area contributed by atoms with E-state index in [2.05, 4.69) is 108 Å². The zero-order valence-electron chi connectivity index (χ0n) is 20.0. The number of aryl methyl sites for hydroxylation is 2. The molecule has 2 aliphatic rings. The van der Waals surface area contributed by atoms with E-state index in [1.807, 2.05) is 0 Å². The van der Waals surface area contributed by atoms with E-state index in [9.17, 15) is 0 Å². The van der Waals surface area contributed by atoms with Crippen LogP contribution in [0.1, 0.15) is 48.4 Å².